The zero-order chi connectivity index (χ0) is 10.3. The molecule has 2 nitrogen and oxygen atoms in total. The molecule has 0 aliphatic carbocycles. The van der Waals surface area contributed by atoms with Gasteiger partial charge in [-0.2, -0.15) is 0 Å². The van der Waals surface area contributed by atoms with Gasteiger partial charge in [-0.3, -0.25) is 4.79 Å². The molecule has 0 unspecified atom stereocenters. The Hall–Kier alpha value is -0.753. The lowest BCUT2D eigenvalue weighted by atomic mass is 10.5. The van der Waals surface area contributed by atoms with Crippen molar-refractivity contribution in [3.8, 4) is 12.3 Å². The second-order valence-corrected chi connectivity index (χ2v) is 7.79. The highest BCUT2D eigenvalue weighted by molar-refractivity contribution is 6.74. The van der Waals surface area contributed by atoms with Crippen molar-refractivity contribution in [2.45, 2.75) is 45.3 Å². The summed E-state index contributed by atoms with van der Waals surface area (Å²) in [6.45, 7) is 6.26. The second-order valence-electron chi connectivity index (χ2n) is 3.10. The fourth-order valence-electron chi connectivity index (χ4n) is 1.33. The first kappa shape index (κ1) is 12.2. The Morgan fingerprint density at radius 2 is 1.77 bits per heavy atom. The topological polar surface area (TPSA) is 26.3 Å². The quantitative estimate of drug-likeness (QED) is 0.501. The molecule has 0 aromatic rings. The highest BCUT2D eigenvalue weighted by atomic mass is 28.4. The minimum atomic E-state index is -1.76. The molecule has 0 aliphatic rings. The van der Waals surface area contributed by atoms with Crippen molar-refractivity contribution in [1.82, 2.24) is 0 Å². The standard InChI is InChI=1S/C10H18O2Si/c1-5-9-10(11)12-13(6-2,7-3)8-4/h1H,6-9H2,2-4H3. The van der Waals surface area contributed by atoms with Crippen LogP contribution in [0.1, 0.15) is 27.2 Å². The van der Waals surface area contributed by atoms with Crippen LogP contribution in [0.5, 0.6) is 0 Å². The Balaban J connectivity index is 4.26. The van der Waals surface area contributed by atoms with Gasteiger partial charge in [0.15, 0.2) is 0 Å². The molecule has 0 amide bonds. The molecule has 0 aromatic heterocycles. The van der Waals surface area contributed by atoms with Crippen molar-refractivity contribution >= 4 is 14.3 Å². The van der Waals surface area contributed by atoms with Gasteiger partial charge in [0, 0.05) is 0 Å². The Morgan fingerprint density at radius 1 is 1.31 bits per heavy atom. The monoisotopic (exact) mass is 198 g/mol. The Kier molecular flexibility index (Phi) is 5.48. The molecular formula is C10H18O2Si. The van der Waals surface area contributed by atoms with Crippen LogP contribution < -0.4 is 0 Å². The summed E-state index contributed by atoms with van der Waals surface area (Å²) < 4.78 is 5.48. The van der Waals surface area contributed by atoms with Gasteiger partial charge < -0.3 is 4.43 Å². The van der Waals surface area contributed by atoms with Crippen molar-refractivity contribution in [3.05, 3.63) is 0 Å². The molecule has 0 spiro atoms. The minimum absolute atomic E-state index is 0.106. The van der Waals surface area contributed by atoms with Crippen molar-refractivity contribution in [3.63, 3.8) is 0 Å². The van der Waals surface area contributed by atoms with E-state index in [-0.39, 0.29) is 12.4 Å². The molecule has 0 heterocycles. The van der Waals surface area contributed by atoms with Gasteiger partial charge >= 0.3 is 5.97 Å². The van der Waals surface area contributed by atoms with Gasteiger partial charge in [0.2, 0.25) is 0 Å². The average Bonchev–Trinajstić information content (AvgIpc) is 2.15. The predicted octanol–water partition coefficient (Wildman–Crippen LogP) is 2.56. The van der Waals surface area contributed by atoms with Crippen molar-refractivity contribution < 1.29 is 9.22 Å². The first-order valence-electron chi connectivity index (χ1n) is 4.79. The maximum atomic E-state index is 11.2. The molecule has 0 bridgehead atoms. The van der Waals surface area contributed by atoms with E-state index < -0.39 is 8.32 Å². The van der Waals surface area contributed by atoms with Crippen LogP contribution in [0.2, 0.25) is 18.1 Å². The summed E-state index contributed by atoms with van der Waals surface area (Å²) in [5.74, 6) is 2.09. The van der Waals surface area contributed by atoms with Crippen molar-refractivity contribution in [2.75, 3.05) is 0 Å². The van der Waals surface area contributed by atoms with E-state index in [1.54, 1.807) is 0 Å². The molecule has 0 atom stereocenters. The van der Waals surface area contributed by atoms with Crippen LogP contribution >= 0.6 is 0 Å². The van der Waals surface area contributed by atoms with Crippen LogP contribution in [0.4, 0.5) is 0 Å². The number of carbonyl (C=O) groups is 1. The third kappa shape index (κ3) is 3.64. The molecule has 0 fully saturated rings. The molecule has 3 heteroatoms. The Bertz CT molecular complexity index is 193. The van der Waals surface area contributed by atoms with Gasteiger partial charge in [0.25, 0.3) is 8.32 Å². The highest BCUT2D eigenvalue weighted by Crippen LogP contribution is 2.21. The van der Waals surface area contributed by atoms with Crippen molar-refractivity contribution in [1.29, 1.82) is 0 Å². The lowest BCUT2D eigenvalue weighted by Crippen LogP contribution is -2.38. The van der Waals surface area contributed by atoms with E-state index >= 15 is 0 Å². The summed E-state index contributed by atoms with van der Waals surface area (Å²) in [4.78, 5) is 11.2. The lowest BCUT2D eigenvalue weighted by Gasteiger charge is -2.27. The van der Waals surface area contributed by atoms with E-state index in [0.29, 0.717) is 0 Å². The minimum Gasteiger partial charge on any atom is -0.518 e. The zero-order valence-electron chi connectivity index (χ0n) is 8.72. The Morgan fingerprint density at radius 3 is 2.08 bits per heavy atom. The molecule has 74 valence electrons. The molecule has 0 saturated heterocycles. The predicted molar refractivity (Wildman–Crippen MR) is 56.7 cm³/mol. The van der Waals surface area contributed by atoms with Gasteiger partial charge in [0.05, 0.1) is 0 Å². The zero-order valence-corrected chi connectivity index (χ0v) is 9.72. The second kappa shape index (κ2) is 5.82. The SMILES string of the molecule is C#CCC(=O)O[Si](CC)(CC)CC. The van der Waals surface area contributed by atoms with Crippen LogP contribution in [0.3, 0.4) is 0 Å². The summed E-state index contributed by atoms with van der Waals surface area (Å²) >= 11 is 0. The fraction of sp³-hybridized carbons (Fsp3) is 0.700. The van der Waals surface area contributed by atoms with Gasteiger partial charge in [0.1, 0.15) is 6.42 Å². The van der Waals surface area contributed by atoms with E-state index in [4.69, 9.17) is 10.8 Å². The van der Waals surface area contributed by atoms with E-state index in [1.807, 2.05) is 0 Å². The number of hydrogen-bond acceptors (Lipinski definition) is 2. The van der Waals surface area contributed by atoms with Crippen molar-refractivity contribution in [2.24, 2.45) is 0 Å². The molecule has 0 N–H and O–H groups in total. The van der Waals surface area contributed by atoms with Crippen LogP contribution in [0.25, 0.3) is 0 Å². The Labute approximate surface area is 81.8 Å². The maximum Gasteiger partial charge on any atom is 0.304 e. The third-order valence-corrected chi connectivity index (χ3v) is 7.04. The van der Waals surface area contributed by atoms with Crippen LogP contribution in [-0.4, -0.2) is 14.3 Å². The van der Waals surface area contributed by atoms with Gasteiger partial charge in [-0.1, -0.05) is 26.7 Å². The third-order valence-electron chi connectivity index (χ3n) is 2.51. The largest absolute Gasteiger partial charge is 0.518 e. The van der Waals surface area contributed by atoms with E-state index in [1.165, 1.54) is 0 Å². The summed E-state index contributed by atoms with van der Waals surface area (Å²) in [6.07, 6.45) is 5.14. The number of rotatable bonds is 5. The molecule has 0 aliphatic heterocycles. The molecule has 0 radical (unpaired) electrons. The molecule has 0 rings (SSSR count). The van der Waals surface area contributed by atoms with Crippen LogP contribution in [0, 0.1) is 12.3 Å². The summed E-state index contributed by atoms with van der Waals surface area (Å²) in [5.41, 5.74) is 0. The average molecular weight is 198 g/mol. The van der Waals surface area contributed by atoms with Crippen LogP contribution in [-0.2, 0) is 9.22 Å². The first-order chi connectivity index (χ1) is 6.14. The first-order valence-corrected chi connectivity index (χ1v) is 7.32. The van der Waals surface area contributed by atoms with E-state index in [0.717, 1.165) is 18.1 Å². The maximum absolute atomic E-state index is 11.2. The molecular weight excluding hydrogens is 180 g/mol. The van der Waals surface area contributed by atoms with Gasteiger partial charge in [-0.15, -0.1) is 6.42 Å². The number of hydrogen-bond donors (Lipinski definition) is 0. The van der Waals surface area contributed by atoms with E-state index in [9.17, 15) is 4.79 Å². The number of terminal acetylenes is 1. The molecule has 13 heavy (non-hydrogen) atoms. The summed E-state index contributed by atoms with van der Waals surface area (Å²) in [6, 6.07) is 2.95. The normalized spacial score (nSPS) is 10.6. The smallest absolute Gasteiger partial charge is 0.304 e. The number of carbonyl (C=O) groups excluding carboxylic acids is 1. The lowest BCUT2D eigenvalue weighted by molar-refractivity contribution is -0.134. The van der Waals surface area contributed by atoms with Gasteiger partial charge in [-0.25, -0.2) is 0 Å². The highest BCUT2D eigenvalue weighted by Gasteiger charge is 2.32. The fourth-order valence-corrected chi connectivity index (χ4v) is 3.82. The van der Waals surface area contributed by atoms with E-state index in [2.05, 4.69) is 26.7 Å². The molecule has 0 aromatic carbocycles. The summed E-state index contributed by atoms with van der Waals surface area (Å²) in [7, 11) is -1.76. The summed E-state index contributed by atoms with van der Waals surface area (Å²) in [5, 5.41) is 0. The van der Waals surface area contributed by atoms with Gasteiger partial charge in [-0.05, 0) is 18.1 Å². The molecule has 0 saturated carbocycles. The van der Waals surface area contributed by atoms with Crippen LogP contribution in [0.15, 0.2) is 0 Å².